The van der Waals surface area contributed by atoms with E-state index in [2.05, 4.69) is 62.8 Å². The van der Waals surface area contributed by atoms with Crippen LogP contribution in [-0.4, -0.2) is 237 Å². The molecule has 3 saturated heterocycles. The predicted molar refractivity (Wildman–Crippen MR) is 485 cm³/mol. The van der Waals surface area contributed by atoms with Crippen LogP contribution in [0.5, 0.6) is 0 Å². The monoisotopic (exact) mass is 1800 g/mol. The highest BCUT2D eigenvalue weighted by molar-refractivity contribution is 7.19. The normalized spacial score (nSPS) is 19.1. The highest BCUT2D eigenvalue weighted by Gasteiger charge is 2.46. The van der Waals surface area contributed by atoms with Gasteiger partial charge in [-0.1, -0.05) is 197 Å². The number of carbonyl (C=O) groups excluding carboxylic acids is 11. The van der Waals surface area contributed by atoms with E-state index in [1.54, 1.807) is 79.0 Å². The Morgan fingerprint density at radius 1 is 0.476 bits per heavy atom. The third kappa shape index (κ3) is 27.1. The van der Waals surface area contributed by atoms with Crippen molar-refractivity contribution in [1.29, 1.82) is 0 Å². The molecule has 3 saturated carbocycles. The van der Waals surface area contributed by atoms with Crippen LogP contribution in [0.3, 0.4) is 0 Å². The number of ketones is 1. The number of hydrogen-bond acceptors (Lipinski definition) is 24. The summed E-state index contributed by atoms with van der Waals surface area (Å²) in [6.07, 6.45) is 16.6. The first kappa shape index (κ1) is 98.3. The molecule has 686 valence electrons. The van der Waals surface area contributed by atoms with Gasteiger partial charge in [0.15, 0.2) is 10.0 Å². The number of aliphatic hydroxyl groups excluding tert-OH is 2. The zero-order chi connectivity index (χ0) is 91.8. The smallest absolute Gasteiger partial charge is 0.365 e. The Morgan fingerprint density at radius 3 is 1.16 bits per heavy atom. The molecule has 16 N–H and O–H groups in total. The number of nitrogens with two attached hydrogens (primary N) is 2. The Bertz CT molecular complexity index is 4440. The van der Waals surface area contributed by atoms with E-state index in [0.29, 0.717) is 113 Å². The lowest BCUT2D eigenvalue weighted by atomic mass is 9.76. The number of nitrogens with zero attached hydrogens (tertiary/aromatic N) is 6. The second-order valence-electron chi connectivity index (χ2n) is 33.0. The maximum Gasteiger partial charge on any atom is 0.365 e. The minimum Gasteiger partial charge on any atom is -0.476 e. The molecular weight excluding hydrogens is 1670 g/mol. The molecule has 3 aliphatic heterocycles. The van der Waals surface area contributed by atoms with Crippen LogP contribution in [0.25, 0.3) is 33.8 Å². The molecule has 6 heterocycles. The molecule has 0 spiro atoms. The summed E-state index contributed by atoms with van der Waals surface area (Å²) < 4.78 is 15.5. The number of carboxylic acids is 1. The fourth-order valence-corrected chi connectivity index (χ4v) is 19.5. The van der Waals surface area contributed by atoms with E-state index in [4.69, 9.17) is 17.9 Å². The number of hydrogen-bond donors (Lipinski definition) is 14. The Kier molecular flexibility index (Phi) is 39.0. The van der Waals surface area contributed by atoms with Gasteiger partial charge in [0.2, 0.25) is 52.3 Å². The van der Waals surface area contributed by atoms with Gasteiger partial charge in [0.25, 0.3) is 11.8 Å². The van der Waals surface area contributed by atoms with Gasteiger partial charge in [0.1, 0.15) is 68.1 Å². The van der Waals surface area contributed by atoms with Crippen LogP contribution in [-0.2, 0) is 43.2 Å². The number of amides is 10. The number of likely N-dealkylation sites (tertiary alicyclic amines) is 3. The van der Waals surface area contributed by atoms with Crippen molar-refractivity contribution in [2.24, 2.45) is 41.1 Å². The van der Waals surface area contributed by atoms with Gasteiger partial charge in [-0.25, -0.2) is 19.7 Å². The number of thiazole rings is 3. The van der Waals surface area contributed by atoms with Gasteiger partial charge in [-0.2, -0.15) is 0 Å². The molecule has 3 aromatic carbocycles. The number of aliphatic hydroxyl groups is 2. The molecule has 126 heavy (non-hydrogen) atoms. The third-order valence-electron chi connectivity index (χ3n) is 24.5. The molecule has 3 aliphatic carbocycles. The number of carboxylic acid groups (broad SMARTS) is 1. The van der Waals surface area contributed by atoms with Gasteiger partial charge in [-0.15, -0.1) is 0 Å². The summed E-state index contributed by atoms with van der Waals surface area (Å²) >= 11 is 2.81. The van der Waals surface area contributed by atoms with Crippen LogP contribution in [0.2, 0.25) is 0 Å². The summed E-state index contributed by atoms with van der Waals surface area (Å²) in [6, 6.07) is 22.6. The Hall–Kier alpha value is -9.92. The number of aromatic carboxylic acids is 1. The fraction of sp³-hybridized carbons (Fsp3) is 0.567. The van der Waals surface area contributed by atoms with Crippen LogP contribution in [0.4, 0.5) is 19.4 Å². The van der Waals surface area contributed by atoms with E-state index < -0.39 is 97.2 Å². The number of carbonyl (C=O) groups is 12. The van der Waals surface area contributed by atoms with Crippen LogP contribution in [0.15, 0.2) is 91.0 Å². The van der Waals surface area contributed by atoms with Crippen molar-refractivity contribution in [3.8, 4) is 33.8 Å². The highest BCUT2D eigenvalue weighted by Crippen LogP contribution is 2.41. The number of benzene rings is 3. The second kappa shape index (κ2) is 50.0. The number of aromatic nitrogens is 3. The molecule has 6 aromatic rings. The van der Waals surface area contributed by atoms with Crippen molar-refractivity contribution in [2.45, 2.75) is 230 Å². The Morgan fingerprint density at radius 2 is 0.817 bits per heavy atom. The van der Waals surface area contributed by atoms with Gasteiger partial charge >= 0.3 is 5.97 Å². The van der Waals surface area contributed by atoms with Gasteiger partial charge < -0.3 is 89.3 Å². The molecule has 10 amide bonds. The quantitative estimate of drug-likeness (QED) is 0.0179. The van der Waals surface area contributed by atoms with Gasteiger partial charge in [0.05, 0.1) is 32.8 Å². The number of rotatable bonds is 34. The van der Waals surface area contributed by atoms with Crippen molar-refractivity contribution < 1.29 is 78.6 Å². The summed E-state index contributed by atoms with van der Waals surface area (Å²) in [4.78, 5) is 181. The minimum atomic E-state index is -1.25. The van der Waals surface area contributed by atoms with Crippen LogP contribution < -0.4 is 59.3 Å². The largest absolute Gasteiger partial charge is 0.476 e. The number of likely N-dealkylation sites (N-methyl/N-ethyl adjacent to an activating group) is 2. The fourth-order valence-electron chi connectivity index (χ4n) is 16.8. The van der Waals surface area contributed by atoms with Crippen molar-refractivity contribution in [3.05, 3.63) is 106 Å². The number of halogens is 1. The van der Waals surface area contributed by atoms with Crippen LogP contribution in [0.1, 0.15) is 206 Å². The highest BCUT2D eigenvalue weighted by atomic mass is 32.1. The predicted octanol–water partition coefficient (Wildman–Crippen LogP) is 9.15. The van der Waals surface area contributed by atoms with Crippen molar-refractivity contribution >= 4 is 120 Å². The van der Waals surface area contributed by atoms with Crippen LogP contribution in [0, 0.1) is 29.6 Å². The number of nitrogens with one attached hydrogen (secondary N) is 9. The lowest BCUT2D eigenvalue weighted by molar-refractivity contribution is -0.144. The summed E-state index contributed by atoms with van der Waals surface area (Å²) in [5.41, 5.74) is 13.0. The lowest BCUT2D eigenvalue weighted by Crippen LogP contribution is -2.57. The van der Waals surface area contributed by atoms with E-state index in [-0.39, 0.29) is 113 Å². The molecule has 1 unspecified atom stereocenters. The van der Waals surface area contributed by atoms with Crippen molar-refractivity contribution in [1.82, 2.24) is 61.6 Å². The standard InChI is InChI=1S/C58H77N11O9S2.C28H36N4O5S.C3H10N2O.CH3F/c1-34(59-3)44(71)31-41(36-19-9-5-10-20-36)57(77)68-29-17-27-42(68)49(73)66-53-45(37-21-11-6-12-22-37)64-55(79-53)51(75)61-32-40(70)33-62-52(76)56-65-46(38-23-13-7-14-24-38)54(80-56)67-50(74)43-28-18-30-69(43)58(78)47(39-25-15-8-16-26-39)63-48(72)35(2)60-4;1-3-17(2)23(33)29-22(19-13-8-5-9-14-19)27(35)32-16-10-15-20(32)24(34)31-25-21(18-11-6-4-7-12-18)30-26(38-25)28(36)37;4-1-3(6)2-5;1-2/h6-7,11-14,21-24,34-36,39-43,47,59-60,70H,5,8-10,15-20,25-33H2,1-4H3,(H,61,75)(H,62,76)(H,63,72)(H,66,73)(H,67,74);4,6-7,11-12,17,19-20,22H,3,5,8-10,13-16H2,1-2H3,(H,29,33)(H,31,34)(H,36,37);3,6H,1-2,4-5H2;1H3/t34-,35-,40?,41-,42-,43-,47-;17-,20+,22+;;/m01../s1/i;;;1D. The zero-order valence-electron chi connectivity index (χ0n) is 73.8. The first-order valence-corrected chi connectivity index (χ1v) is 46.5. The molecule has 0 radical (unpaired) electrons. The Balaban J connectivity index is 0.000000320. The molecule has 36 heteroatoms. The molecular formula is C90H126FN17O15S3. The van der Waals surface area contributed by atoms with Gasteiger partial charge in [-0.3, -0.25) is 57.1 Å². The molecule has 3 aromatic heterocycles. The summed E-state index contributed by atoms with van der Waals surface area (Å²) in [7, 11) is 2.41. The van der Waals surface area contributed by atoms with E-state index in [1.165, 1.54) is 0 Å². The number of Topliss-reactive ketones (excluding diaryl/α,β-unsaturated/α-hetero) is 1. The minimum absolute atomic E-state index is 0.00247. The summed E-state index contributed by atoms with van der Waals surface area (Å²) in [6.45, 7) is 8.48. The average molecular weight is 1800 g/mol. The zero-order valence-corrected chi connectivity index (χ0v) is 75.3. The molecule has 6 aliphatic rings. The van der Waals surface area contributed by atoms with Crippen molar-refractivity contribution in [3.63, 3.8) is 0 Å². The molecule has 6 fully saturated rings. The SMILES string of the molecule is CC[C@@H](C)C(=O)N[C@H](C(=O)N1CCC[C@H]1C(=O)Nc1sc(C(=O)O)nc1-c1ccccc1)C1CCCCC1.CN[C@@H](C)C(=O)C[C@H](C(=O)N1CCC[C@H]1C(=O)Nc1sc(C(=O)NCC(O)CNC(=O)c2nc(-c3ccccc3)c(NC(=O)[C@@H]3CCCN3C(=O)[C@@H](NC(=O)[C@H](C)NC)C3CCCCC3)s2)nc1-c1ccccc1)C1CCCCC1.NCC(O)CN.[2H]CF. The van der Waals surface area contributed by atoms with Crippen molar-refractivity contribution in [2.75, 3.05) is 83.0 Å². The summed E-state index contributed by atoms with van der Waals surface area (Å²) in [5.74, 6) is -5.39. The topological polar surface area (TPSA) is 474 Å². The molecule has 32 nitrogen and oxygen atoms in total. The Labute approximate surface area is 749 Å². The van der Waals surface area contributed by atoms with E-state index in [0.717, 1.165) is 130 Å². The molecule has 10 atom stereocenters. The second-order valence-corrected chi connectivity index (χ2v) is 36.0. The summed E-state index contributed by atoms with van der Waals surface area (Å²) in [5, 5.41) is 56.0. The average Bonchev–Trinajstić information content (AvgIpc) is 1.58. The number of anilines is 3. The maximum absolute atomic E-state index is 14.4. The first-order chi connectivity index (χ1) is 61.2. The first-order valence-electron chi connectivity index (χ1n) is 44.8. The molecule has 12 rings (SSSR count). The number of alkyl halides is 1. The van der Waals surface area contributed by atoms with E-state index >= 15 is 0 Å². The van der Waals surface area contributed by atoms with Gasteiger partial charge in [-0.05, 0) is 129 Å². The lowest BCUT2D eigenvalue weighted by Gasteiger charge is -2.35. The molecule has 0 bridgehead atoms. The van der Waals surface area contributed by atoms with E-state index in [1.807, 2.05) is 68.4 Å². The third-order valence-corrected chi connectivity index (χ3v) is 27.4. The van der Waals surface area contributed by atoms with Crippen LogP contribution >= 0.6 is 34.0 Å². The van der Waals surface area contributed by atoms with Gasteiger partial charge in [0, 0.05) is 80.8 Å². The maximum atomic E-state index is 14.4. The van der Waals surface area contributed by atoms with E-state index in [9.17, 15) is 72.1 Å².